The minimum atomic E-state index is -0.180. The van der Waals surface area contributed by atoms with Crippen LogP contribution in [0.15, 0.2) is 58.4 Å². The van der Waals surface area contributed by atoms with Crippen molar-refractivity contribution < 1.29 is 9.53 Å². The Kier molecular flexibility index (Phi) is 4.63. The largest absolute Gasteiger partial charge is 0.494 e. The van der Waals surface area contributed by atoms with Gasteiger partial charge in [0.15, 0.2) is 0 Å². The molecule has 0 atom stereocenters. The van der Waals surface area contributed by atoms with Gasteiger partial charge >= 0.3 is 0 Å². The van der Waals surface area contributed by atoms with Gasteiger partial charge in [0.05, 0.1) is 11.5 Å². The Morgan fingerprint density at radius 2 is 1.96 bits per heavy atom. The molecule has 0 N–H and O–H groups in total. The Balaban J connectivity index is 1.82. The summed E-state index contributed by atoms with van der Waals surface area (Å²) in [6, 6.07) is 15.7. The van der Waals surface area contributed by atoms with Crippen molar-refractivity contribution in [2.75, 3.05) is 6.61 Å². The highest BCUT2D eigenvalue weighted by molar-refractivity contribution is 8.19. The molecule has 3 nitrogen and oxygen atoms in total. The summed E-state index contributed by atoms with van der Waals surface area (Å²) in [5.41, 5.74) is 3.00. The number of amides is 1. The van der Waals surface area contributed by atoms with Crippen LogP contribution in [0.5, 0.6) is 5.75 Å². The van der Waals surface area contributed by atoms with E-state index in [4.69, 9.17) is 4.74 Å². The lowest BCUT2D eigenvalue weighted by Gasteiger charge is -2.07. The first-order chi connectivity index (χ1) is 11.2. The van der Waals surface area contributed by atoms with Crippen LogP contribution in [0.25, 0.3) is 6.08 Å². The maximum absolute atomic E-state index is 12.1. The van der Waals surface area contributed by atoms with Crippen molar-refractivity contribution >= 4 is 28.8 Å². The molecule has 23 heavy (non-hydrogen) atoms. The molecule has 0 aromatic heterocycles. The molecule has 0 bridgehead atoms. The van der Waals surface area contributed by atoms with Crippen LogP contribution in [0.4, 0.5) is 0 Å². The maximum atomic E-state index is 12.1. The predicted octanol–water partition coefficient (Wildman–Crippen LogP) is 4.45. The molecule has 0 spiro atoms. The molecule has 0 saturated carbocycles. The molecule has 0 fully saturated rings. The minimum absolute atomic E-state index is 0.180. The molecule has 2 aromatic carbocycles. The summed E-state index contributed by atoms with van der Waals surface area (Å²) in [5, 5.41) is 0.754. The van der Waals surface area contributed by atoms with Crippen LogP contribution in [0.1, 0.15) is 23.6 Å². The number of thioether (sulfide) groups is 1. The molecule has 0 unspecified atom stereocenters. The van der Waals surface area contributed by atoms with E-state index < -0.39 is 0 Å². The molecule has 0 aliphatic carbocycles. The number of aryl methyl sites for hydroxylation is 1. The lowest BCUT2D eigenvalue weighted by atomic mass is 10.1. The first-order valence-electron chi connectivity index (χ1n) is 7.49. The summed E-state index contributed by atoms with van der Waals surface area (Å²) in [7, 11) is 0. The maximum Gasteiger partial charge on any atom is 0.284 e. The fourth-order valence-electron chi connectivity index (χ4n) is 2.34. The van der Waals surface area contributed by atoms with Gasteiger partial charge in [-0.25, -0.2) is 4.99 Å². The average Bonchev–Trinajstić information content (AvgIpc) is 2.92. The Morgan fingerprint density at radius 3 is 2.65 bits per heavy atom. The van der Waals surface area contributed by atoms with Crippen LogP contribution < -0.4 is 4.74 Å². The second-order valence-corrected chi connectivity index (χ2v) is 6.19. The van der Waals surface area contributed by atoms with Crippen molar-refractivity contribution in [2.45, 2.75) is 13.8 Å². The van der Waals surface area contributed by atoms with E-state index >= 15 is 0 Å². The van der Waals surface area contributed by atoms with Gasteiger partial charge in [0.1, 0.15) is 10.8 Å². The number of carbonyl (C=O) groups is 1. The van der Waals surface area contributed by atoms with E-state index in [1.54, 1.807) is 0 Å². The highest BCUT2D eigenvalue weighted by Gasteiger charge is 2.22. The summed E-state index contributed by atoms with van der Waals surface area (Å²) in [4.78, 5) is 16.9. The van der Waals surface area contributed by atoms with Crippen molar-refractivity contribution in [3.05, 3.63) is 70.1 Å². The number of nitrogens with zero attached hydrogens (tertiary/aromatic N) is 1. The zero-order chi connectivity index (χ0) is 16.2. The average molecular weight is 323 g/mol. The highest BCUT2D eigenvalue weighted by atomic mass is 32.2. The van der Waals surface area contributed by atoms with Crippen molar-refractivity contribution in [1.29, 1.82) is 0 Å². The van der Waals surface area contributed by atoms with Crippen LogP contribution in [0.3, 0.4) is 0 Å². The second-order valence-electron chi connectivity index (χ2n) is 5.16. The Labute approximate surface area is 140 Å². The van der Waals surface area contributed by atoms with Crippen LogP contribution in [0.2, 0.25) is 0 Å². The second kappa shape index (κ2) is 6.84. The van der Waals surface area contributed by atoms with Crippen molar-refractivity contribution in [2.24, 2.45) is 4.99 Å². The summed E-state index contributed by atoms with van der Waals surface area (Å²) < 4.78 is 5.54. The molecule has 3 rings (SSSR count). The lowest BCUT2D eigenvalue weighted by Crippen LogP contribution is -1.94. The van der Waals surface area contributed by atoms with Crippen molar-refractivity contribution in [3.8, 4) is 5.75 Å². The van der Waals surface area contributed by atoms with Gasteiger partial charge in [0.25, 0.3) is 5.91 Å². The molecule has 1 amide bonds. The van der Waals surface area contributed by atoms with Gasteiger partial charge in [0.2, 0.25) is 0 Å². The number of hydrogen-bond donors (Lipinski definition) is 0. The molecular weight excluding hydrogens is 306 g/mol. The van der Waals surface area contributed by atoms with E-state index in [0.29, 0.717) is 11.5 Å². The van der Waals surface area contributed by atoms with Crippen LogP contribution in [0, 0.1) is 6.92 Å². The highest BCUT2D eigenvalue weighted by Crippen LogP contribution is 2.32. The predicted molar refractivity (Wildman–Crippen MR) is 95.9 cm³/mol. The fraction of sp³-hybridized carbons (Fsp3) is 0.158. The van der Waals surface area contributed by atoms with Crippen LogP contribution in [-0.2, 0) is 4.79 Å². The molecular formula is C19H17NO2S. The summed E-state index contributed by atoms with van der Waals surface area (Å²) in [6.07, 6.45) is 1.88. The summed E-state index contributed by atoms with van der Waals surface area (Å²) in [5.74, 6) is 0.696. The molecule has 4 heteroatoms. The normalized spacial score (nSPS) is 15.8. The third kappa shape index (κ3) is 3.54. The number of ether oxygens (including phenoxy) is 1. The van der Waals surface area contributed by atoms with Gasteiger partial charge < -0.3 is 4.74 Å². The Hall–Kier alpha value is -2.33. The third-order valence-corrected chi connectivity index (χ3v) is 4.47. The van der Waals surface area contributed by atoms with Crippen LogP contribution in [-0.4, -0.2) is 17.6 Å². The molecule has 1 aliphatic rings. The zero-order valence-electron chi connectivity index (χ0n) is 13.1. The molecule has 1 aliphatic heterocycles. The van der Waals surface area contributed by atoms with Gasteiger partial charge in [-0.15, -0.1) is 0 Å². The molecule has 1 heterocycles. The first kappa shape index (κ1) is 15.6. The van der Waals surface area contributed by atoms with Crippen molar-refractivity contribution in [1.82, 2.24) is 0 Å². The van der Waals surface area contributed by atoms with Gasteiger partial charge in [-0.05, 0) is 43.2 Å². The lowest BCUT2D eigenvalue weighted by molar-refractivity contribution is -0.113. The Morgan fingerprint density at radius 1 is 1.17 bits per heavy atom. The van der Waals surface area contributed by atoms with E-state index in [1.165, 1.54) is 11.8 Å². The summed E-state index contributed by atoms with van der Waals surface area (Å²) >= 11 is 1.42. The molecule has 2 aromatic rings. The van der Waals surface area contributed by atoms with E-state index in [9.17, 15) is 4.79 Å². The zero-order valence-corrected chi connectivity index (χ0v) is 13.9. The van der Waals surface area contributed by atoms with Gasteiger partial charge in [-0.2, -0.15) is 0 Å². The SMILES string of the molecule is CCOc1ccc(/C=C2\SC(c3ccccc3)=NC2=O)cc1C. The first-order valence-corrected chi connectivity index (χ1v) is 8.30. The van der Waals surface area contributed by atoms with Crippen molar-refractivity contribution in [3.63, 3.8) is 0 Å². The van der Waals surface area contributed by atoms with Gasteiger partial charge in [0, 0.05) is 5.56 Å². The van der Waals surface area contributed by atoms with Crippen LogP contribution >= 0.6 is 11.8 Å². The fourth-order valence-corrected chi connectivity index (χ4v) is 3.26. The quantitative estimate of drug-likeness (QED) is 0.780. The molecule has 0 radical (unpaired) electrons. The number of benzene rings is 2. The summed E-state index contributed by atoms with van der Waals surface area (Å²) in [6.45, 7) is 4.61. The van der Waals surface area contributed by atoms with Gasteiger partial charge in [-0.1, -0.05) is 48.2 Å². The van der Waals surface area contributed by atoms with Gasteiger partial charge in [-0.3, -0.25) is 4.79 Å². The number of carbonyl (C=O) groups excluding carboxylic acids is 1. The molecule has 116 valence electrons. The minimum Gasteiger partial charge on any atom is -0.494 e. The number of rotatable bonds is 4. The number of hydrogen-bond acceptors (Lipinski definition) is 3. The third-order valence-electron chi connectivity index (χ3n) is 3.44. The van der Waals surface area contributed by atoms with E-state index in [2.05, 4.69) is 4.99 Å². The van der Waals surface area contributed by atoms with E-state index in [1.807, 2.05) is 68.5 Å². The topological polar surface area (TPSA) is 38.7 Å². The number of aliphatic imine (C=N–C) groups is 1. The molecule has 0 saturated heterocycles. The smallest absolute Gasteiger partial charge is 0.284 e. The monoisotopic (exact) mass is 323 g/mol. The standard InChI is InChI=1S/C19H17NO2S/c1-3-22-16-10-9-14(11-13(16)2)12-17-18(21)20-19(23-17)15-7-5-4-6-8-15/h4-12H,3H2,1-2H3/b17-12-. The van der Waals surface area contributed by atoms with E-state index in [0.717, 1.165) is 27.5 Å². The van der Waals surface area contributed by atoms with E-state index in [-0.39, 0.29) is 5.91 Å². The Bertz CT molecular complexity index is 794.